The summed E-state index contributed by atoms with van der Waals surface area (Å²) in [4.78, 5) is 10.7. The molecular formula is C10H12FNO3. The van der Waals surface area contributed by atoms with Gasteiger partial charge in [-0.25, -0.2) is 4.39 Å². The molecule has 0 aliphatic heterocycles. The average molecular weight is 213 g/mol. The molecule has 5 heteroatoms. The zero-order chi connectivity index (χ0) is 11.6. The van der Waals surface area contributed by atoms with Crippen LogP contribution in [-0.2, 0) is 4.79 Å². The number of methoxy groups -OCH3 is 1. The van der Waals surface area contributed by atoms with Crippen molar-refractivity contribution >= 4 is 5.97 Å². The van der Waals surface area contributed by atoms with Gasteiger partial charge in [-0.15, -0.1) is 0 Å². The number of hydrogen-bond donors (Lipinski definition) is 2. The van der Waals surface area contributed by atoms with Gasteiger partial charge < -0.3 is 15.6 Å². The minimum absolute atomic E-state index is 0.171. The maximum Gasteiger partial charge on any atom is 0.325 e. The van der Waals surface area contributed by atoms with E-state index in [4.69, 9.17) is 15.6 Å². The molecule has 4 nitrogen and oxygen atoms in total. The van der Waals surface area contributed by atoms with Crippen molar-refractivity contribution in [2.75, 3.05) is 7.11 Å². The molecule has 0 radical (unpaired) electrons. The Morgan fingerprint density at radius 2 is 2.20 bits per heavy atom. The molecule has 0 bridgehead atoms. The van der Waals surface area contributed by atoms with Gasteiger partial charge in [0.1, 0.15) is 17.6 Å². The summed E-state index contributed by atoms with van der Waals surface area (Å²) in [6, 6.07) is 1.29. The van der Waals surface area contributed by atoms with Gasteiger partial charge in [-0.3, -0.25) is 4.79 Å². The first kappa shape index (κ1) is 11.5. The van der Waals surface area contributed by atoms with Crippen molar-refractivity contribution in [3.63, 3.8) is 0 Å². The number of benzene rings is 1. The van der Waals surface area contributed by atoms with Crippen LogP contribution in [0.1, 0.15) is 17.2 Å². The van der Waals surface area contributed by atoms with Crippen LogP contribution < -0.4 is 10.5 Å². The van der Waals surface area contributed by atoms with Crippen LogP contribution in [0.15, 0.2) is 12.1 Å². The normalized spacial score (nSPS) is 12.3. The highest BCUT2D eigenvalue weighted by Gasteiger charge is 2.22. The number of carboxylic acids is 1. The Bertz CT molecular complexity index is 392. The Morgan fingerprint density at radius 3 is 2.67 bits per heavy atom. The van der Waals surface area contributed by atoms with Crippen molar-refractivity contribution in [3.8, 4) is 5.75 Å². The maximum absolute atomic E-state index is 13.2. The van der Waals surface area contributed by atoms with Crippen molar-refractivity contribution in [1.82, 2.24) is 0 Å². The number of rotatable bonds is 3. The first-order valence-corrected chi connectivity index (χ1v) is 4.30. The lowest BCUT2D eigenvalue weighted by Crippen LogP contribution is -2.22. The number of aliphatic carboxylic acids is 1. The number of nitrogens with two attached hydrogens (primary N) is 1. The molecule has 1 atom stereocenters. The fraction of sp³-hybridized carbons (Fsp3) is 0.300. The van der Waals surface area contributed by atoms with E-state index in [-0.39, 0.29) is 16.9 Å². The molecule has 0 heterocycles. The topological polar surface area (TPSA) is 72.5 Å². The Balaban J connectivity index is 3.35. The zero-order valence-electron chi connectivity index (χ0n) is 8.45. The van der Waals surface area contributed by atoms with Gasteiger partial charge in [-0.05, 0) is 24.6 Å². The zero-order valence-corrected chi connectivity index (χ0v) is 8.45. The van der Waals surface area contributed by atoms with E-state index in [9.17, 15) is 9.18 Å². The van der Waals surface area contributed by atoms with E-state index in [1.165, 1.54) is 26.2 Å². The molecule has 0 aliphatic rings. The minimum atomic E-state index is -1.28. The second kappa shape index (κ2) is 4.27. The molecular weight excluding hydrogens is 201 g/mol. The highest BCUT2D eigenvalue weighted by Crippen LogP contribution is 2.29. The molecule has 1 aromatic rings. The monoisotopic (exact) mass is 213 g/mol. The third kappa shape index (κ3) is 2.07. The summed E-state index contributed by atoms with van der Waals surface area (Å²) in [5.74, 6) is -1.44. The molecule has 15 heavy (non-hydrogen) atoms. The first-order chi connectivity index (χ1) is 6.99. The summed E-state index contributed by atoms with van der Waals surface area (Å²) in [5, 5.41) is 8.77. The number of hydrogen-bond acceptors (Lipinski definition) is 3. The van der Waals surface area contributed by atoms with Gasteiger partial charge in [0.15, 0.2) is 0 Å². The Kier molecular flexibility index (Phi) is 3.26. The molecule has 0 aliphatic carbocycles. The quantitative estimate of drug-likeness (QED) is 0.792. The molecule has 0 amide bonds. The van der Waals surface area contributed by atoms with Crippen LogP contribution >= 0.6 is 0 Å². The third-order valence-electron chi connectivity index (χ3n) is 2.21. The molecule has 0 fully saturated rings. The number of carbonyl (C=O) groups is 1. The van der Waals surface area contributed by atoms with Crippen LogP contribution in [0, 0.1) is 12.7 Å². The highest BCUT2D eigenvalue weighted by atomic mass is 19.1. The van der Waals surface area contributed by atoms with Crippen molar-refractivity contribution in [2.24, 2.45) is 5.73 Å². The van der Waals surface area contributed by atoms with Gasteiger partial charge in [0.2, 0.25) is 0 Å². The summed E-state index contributed by atoms with van der Waals surface area (Å²) in [6.45, 7) is 1.47. The van der Waals surface area contributed by atoms with Gasteiger partial charge >= 0.3 is 5.97 Å². The molecule has 0 aromatic heterocycles. The van der Waals surface area contributed by atoms with Gasteiger partial charge in [0, 0.05) is 5.56 Å². The average Bonchev–Trinajstić information content (AvgIpc) is 2.20. The first-order valence-electron chi connectivity index (χ1n) is 4.30. The molecule has 82 valence electrons. The molecule has 0 spiro atoms. The van der Waals surface area contributed by atoms with Crippen LogP contribution in [-0.4, -0.2) is 18.2 Å². The standard InChI is InChI=1S/C10H12FNO3/c1-5-6(11)3-4-7(15-2)8(5)9(12)10(13)14/h3-4,9H,12H2,1-2H3,(H,13,14). The number of ether oxygens (including phenoxy) is 1. The third-order valence-corrected chi connectivity index (χ3v) is 2.21. The summed E-state index contributed by atoms with van der Waals surface area (Å²) < 4.78 is 18.2. The van der Waals surface area contributed by atoms with E-state index in [0.29, 0.717) is 0 Å². The van der Waals surface area contributed by atoms with Crippen molar-refractivity contribution in [1.29, 1.82) is 0 Å². The van der Waals surface area contributed by atoms with Gasteiger partial charge in [-0.1, -0.05) is 0 Å². The second-order valence-corrected chi connectivity index (χ2v) is 3.10. The molecule has 1 rings (SSSR count). The summed E-state index contributed by atoms with van der Waals surface area (Å²) in [6.07, 6.45) is 0. The lowest BCUT2D eigenvalue weighted by molar-refractivity contribution is -0.138. The van der Waals surface area contributed by atoms with E-state index in [1.54, 1.807) is 0 Å². The largest absolute Gasteiger partial charge is 0.496 e. The van der Waals surface area contributed by atoms with Crippen molar-refractivity contribution < 1.29 is 19.0 Å². The van der Waals surface area contributed by atoms with E-state index in [2.05, 4.69) is 0 Å². The van der Waals surface area contributed by atoms with E-state index < -0.39 is 17.8 Å². The SMILES string of the molecule is COc1ccc(F)c(C)c1C(N)C(=O)O. The van der Waals surface area contributed by atoms with Crippen LogP contribution in [0.4, 0.5) is 4.39 Å². The van der Waals surface area contributed by atoms with Gasteiger partial charge in [0.25, 0.3) is 0 Å². The van der Waals surface area contributed by atoms with Crippen molar-refractivity contribution in [2.45, 2.75) is 13.0 Å². The van der Waals surface area contributed by atoms with Gasteiger partial charge in [0.05, 0.1) is 7.11 Å². The van der Waals surface area contributed by atoms with Crippen LogP contribution in [0.5, 0.6) is 5.75 Å². The molecule has 1 unspecified atom stereocenters. The van der Waals surface area contributed by atoms with Gasteiger partial charge in [-0.2, -0.15) is 0 Å². The fourth-order valence-corrected chi connectivity index (χ4v) is 1.37. The molecule has 0 saturated heterocycles. The van der Waals surface area contributed by atoms with E-state index >= 15 is 0 Å². The Morgan fingerprint density at radius 1 is 1.60 bits per heavy atom. The van der Waals surface area contributed by atoms with E-state index in [1.807, 2.05) is 0 Å². The maximum atomic E-state index is 13.2. The fourth-order valence-electron chi connectivity index (χ4n) is 1.37. The lowest BCUT2D eigenvalue weighted by atomic mass is 10.0. The number of halogens is 1. The van der Waals surface area contributed by atoms with Crippen molar-refractivity contribution in [3.05, 3.63) is 29.1 Å². The summed E-state index contributed by atoms with van der Waals surface area (Å²) in [7, 11) is 1.38. The Labute approximate surface area is 86.5 Å². The second-order valence-electron chi connectivity index (χ2n) is 3.10. The highest BCUT2D eigenvalue weighted by molar-refractivity contribution is 5.77. The molecule has 1 aromatic carbocycles. The van der Waals surface area contributed by atoms with E-state index in [0.717, 1.165) is 0 Å². The van der Waals surface area contributed by atoms with Crippen LogP contribution in [0.3, 0.4) is 0 Å². The smallest absolute Gasteiger partial charge is 0.325 e. The summed E-state index contributed by atoms with van der Waals surface area (Å²) in [5.41, 5.74) is 5.81. The molecule has 3 N–H and O–H groups in total. The lowest BCUT2D eigenvalue weighted by Gasteiger charge is -2.15. The van der Waals surface area contributed by atoms with Crippen LogP contribution in [0.2, 0.25) is 0 Å². The predicted octanol–water partition coefficient (Wildman–Crippen LogP) is 1.23. The Hall–Kier alpha value is -1.62. The van der Waals surface area contributed by atoms with Crippen LogP contribution in [0.25, 0.3) is 0 Å². The summed E-state index contributed by atoms with van der Waals surface area (Å²) >= 11 is 0. The number of carboxylic acid groups (broad SMARTS) is 1. The predicted molar refractivity (Wildman–Crippen MR) is 52.3 cm³/mol. The molecule has 0 saturated carbocycles. The minimum Gasteiger partial charge on any atom is -0.496 e.